The average Bonchev–Trinajstić information content (AvgIpc) is 2.55. The fourth-order valence-electron chi connectivity index (χ4n) is 2.84. The lowest BCUT2D eigenvalue weighted by molar-refractivity contribution is 0.473. The molecule has 0 saturated carbocycles. The number of hydrogen-bond donors (Lipinski definition) is 2. The fraction of sp³-hybridized carbons (Fsp3) is 0.143. The second kappa shape index (κ2) is 6.57. The topological polar surface area (TPSA) is 40.5 Å². The van der Waals surface area contributed by atoms with Gasteiger partial charge < -0.3 is 10.2 Å². The maximum atomic E-state index is 10.3. The first kappa shape index (κ1) is 15.2. The van der Waals surface area contributed by atoms with Crippen LogP contribution in [0.2, 0.25) is 0 Å². The van der Waals surface area contributed by atoms with Crippen molar-refractivity contribution in [2.24, 2.45) is 0 Å². The Bertz CT molecular complexity index is 807. The molecule has 0 aliphatic rings. The fourth-order valence-corrected chi connectivity index (χ4v) is 2.84. The van der Waals surface area contributed by atoms with Crippen LogP contribution in [0, 0.1) is 6.92 Å². The van der Waals surface area contributed by atoms with Gasteiger partial charge in [-0.25, -0.2) is 0 Å². The Labute approximate surface area is 136 Å². The average molecular weight is 304 g/mol. The van der Waals surface area contributed by atoms with Crippen LogP contribution in [0.4, 0.5) is 0 Å². The summed E-state index contributed by atoms with van der Waals surface area (Å²) in [7, 11) is 0. The van der Waals surface area contributed by atoms with Gasteiger partial charge in [-0.1, -0.05) is 48.5 Å². The monoisotopic (exact) mass is 304 g/mol. The molecule has 0 heterocycles. The number of aromatic hydroxyl groups is 2. The molecule has 3 rings (SSSR count). The Morgan fingerprint density at radius 2 is 1.48 bits per heavy atom. The zero-order valence-corrected chi connectivity index (χ0v) is 13.2. The molecule has 2 nitrogen and oxygen atoms in total. The van der Waals surface area contributed by atoms with E-state index >= 15 is 0 Å². The molecule has 116 valence electrons. The largest absolute Gasteiger partial charge is 0.508 e. The highest BCUT2D eigenvalue weighted by Gasteiger charge is 2.10. The van der Waals surface area contributed by atoms with E-state index in [9.17, 15) is 10.2 Å². The molecule has 0 amide bonds. The van der Waals surface area contributed by atoms with Crippen LogP contribution in [0.15, 0.2) is 66.7 Å². The Balaban J connectivity index is 1.94. The highest BCUT2D eigenvalue weighted by Crippen LogP contribution is 2.34. The van der Waals surface area contributed by atoms with Crippen LogP contribution < -0.4 is 0 Å². The maximum Gasteiger partial charge on any atom is 0.123 e. The molecule has 0 aromatic heterocycles. The van der Waals surface area contributed by atoms with Gasteiger partial charge in [-0.2, -0.15) is 0 Å². The van der Waals surface area contributed by atoms with E-state index in [-0.39, 0.29) is 11.5 Å². The van der Waals surface area contributed by atoms with Crippen LogP contribution >= 0.6 is 0 Å². The molecule has 0 saturated heterocycles. The van der Waals surface area contributed by atoms with Crippen molar-refractivity contribution < 1.29 is 10.2 Å². The summed E-state index contributed by atoms with van der Waals surface area (Å²) in [5, 5.41) is 20.1. The van der Waals surface area contributed by atoms with Crippen LogP contribution in [0.25, 0.3) is 11.1 Å². The molecule has 0 aliphatic carbocycles. The van der Waals surface area contributed by atoms with E-state index in [1.807, 2.05) is 43.3 Å². The lowest BCUT2D eigenvalue weighted by Gasteiger charge is -2.12. The summed E-state index contributed by atoms with van der Waals surface area (Å²) in [4.78, 5) is 0. The van der Waals surface area contributed by atoms with Crippen LogP contribution in [0.3, 0.4) is 0 Å². The first-order chi connectivity index (χ1) is 11.1. The summed E-state index contributed by atoms with van der Waals surface area (Å²) in [5.41, 5.74) is 5.09. The quantitative estimate of drug-likeness (QED) is 0.722. The van der Waals surface area contributed by atoms with Crippen LogP contribution in [0.5, 0.6) is 11.5 Å². The van der Waals surface area contributed by atoms with Crippen molar-refractivity contribution >= 4 is 0 Å². The Morgan fingerprint density at radius 1 is 0.739 bits per heavy atom. The molecule has 0 spiro atoms. The van der Waals surface area contributed by atoms with Gasteiger partial charge in [-0.15, -0.1) is 0 Å². The summed E-state index contributed by atoms with van der Waals surface area (Å²) in [6.07, 6.45) is 1.70. The molecular formula is C21H20O2. The third-order valence-corrected chi connectivity index (χ3v) is 4.06. The van der Waals surface area contributed by atoms with Gasteiger partial charge in [0.2, 0.25) is 0 Å². The third-order valence-electron chi connectivity index (χ3n) is 4.06. The summed E-state index contributed by atoms with van der Waals surface area (Å²) >= 11 is 0. The zero-order chi connectivity index (χ0) is 16.2. The molecule has 0 radical (unpaired) electrons. The van der Waals surface area contributed by atoms with Crippen molar-refractivity contribution in [3.8, 4) is 22.6 Å². The number of benzene rings is 3. The van der Waals surface area contributed by atoms with E-state index in [4.69, 9.17) is 0 Å². The van der Waals surface area contributed by atoms with Crippen LogP contribution in [-0.4, -0.2) is 10.2 Å². The Hall–Kier alpha value is -2.74. The summed E-state index contributed by atoms with van der Waals surface area (Å²) < 4.78 is 0. The molecule has 0 aliphatic heterocycles. The van der Waals surface area contributed by atoms with E-state index in [0.29, 0.717) is 0 Å². The number of phenolic OH excluding ortho intramolecular Hbond substituents is 2. The first-order valence-corrected chi connectivity index (χ1v) is 7.79. The van der Waals surface area contributed by atoms with Gasteiger partial charge in [-0.05, 0) is 60.2 Å². The molecule has 3 aromatic carbocycles. The van der Waals surface area contributed by atoms with Gasteiger partial charge in [0.25, 0.3) is 0 Å². The van der Waals surface area contributed by atoms with E-state index in [0.717, 1.165) is 35.1 Å². The Morgan fingerprint density at radius 3 is 2.22 bits per heavy atom. The van der Waals surface area contributed by atoms with Crippen LogP contribution in [-0.2, 0) is 12.8 Å². The molecule has 0 atom stereocenters. The number of aryl methyl sites for hydroxylation is 3. The minimum Gasteiger partial charge on any atom is -0.508 e. The molecule has 0 bridgehead atoms. The normalized spacial score (nSPS) is 10.7. The number of rotatable bonds is 4. The molecule has 0 unspecified atom stereocenters. The Kier molecular flexibility index (Phi) is 4.33. The second-order valence-electron chi connectivity index (χ2n) is 5.85. The minimum absolute atomic E-state index is 0.253. The summed E-state index contributed by atoms with van der Waals surface area (Å²) in [6.45, 7) is 1.95. The molecule has 2 N–H and O–H groups in total. The molecule has 23 heavy (non-hydrogen) atoms. The van der Waals surface area contributed by atoms with Crippen molar-refractivity contribution in [1.82, 2.24) is 0 Å². The van der Waals surface area contributed by atoms with Gasteiger partial charge in [0.05, 0.1) is 0 Å². The maximum absolute atomic E-state index is 10.3. The summed E-state index contributed by atoms with van der Waals surface area (Å²) in [5.74, 6) is 0.528. The molecular weight excluding hydrogens is 284 g/mol. The predicted octanol–water partition coefficient (Wildman–Crippen LogP) is 4.86. The zero-order valence-electron chi connectivity index (χ0n) is 13.2. The SMILES string of the molecule is Cc1ccc(-c2ccc(O)cc2CCc2ccccc2)c(O)c1. The molecule has 0 fully saturated rings. The highest BCUT2D eigenvalue weighted by atomic mass is 16.3. The predicted molar refractivity (Wildman–Crippen MR) is 93.8 cm³/mol. The van der Waals surface area contributed by atoms with Crippen molar-refractivity contribution in [3.63, 3.8) is 0 Å². The first-order valence-electron chi connectivity index (χ1n) is 7.79. The lowest BCUT2D eigenvalue weighted by atomic mass is 9.94. The number of phenols is 2. The smallest absolute Gasteiger partial charge is 0.123 e. The lowest BCUT2D eigenvalue weighted by Crippen LogP contribution is -1.95. The summed E-state index contributed by atoms with van der Waals surface area (Å²) in [6, 6.07) is 21.3. The van der Waals surface area contributed by atoms with Crippen molar-refractivity contribution in [2.45, 2.75) is 19.8 Å². The van der Waals surface area contributed by atoms with Crippen LogP contribution in [0.1, 0.15) is 16.7 Å². The third kappa shape index (κ3) is 3.54. The molecule has 3 aromatic rings. The molecule has 2 heteroatoms. The van der Waals surface area contributed by atoms with Gasteiger partial charge in [0, 0.05) is 5.56 Å². The van der Waals surface area contributed by atoms with Gasteiger partial charge in [-0.3, -0.25) is 0 Å². The highest BCUT2D eigenvalue weighted by molar-refractivity contribution is 5.74. The van der Waals surface area contributed by atoms with E-state index in [1.54, 1.807) is 18.2 Å². The minimum atomic E-state index is 0.253. The van der Waals surface area contributed by atoms with Gasteiger partial charge >= 0.3 is 0 Å². The van der Waals surface area contributed by atoms with Crippen molar-refractivity contribution in [1.29, 1.82) is 0 Å². The second-order valence-corrected chi connectivity index (χ2v) is 5.85. The number of hydrogen-bond acceptors (Lipinski definition) is 2. The van der Waals surface area contributed by atoms with E-state index < -0.39 is 0 Å². The standard InChI is InChI=1S/C21H20O2/c1-15-7-11-20(21(23)13-15)19-12-10-18(22)14-17(19)9-8-16-5-3-2-4-6-16/h2-7,10-14,22-23H,8-9H2,1H3. The van der Waals surface area contributed by atoms with Gasteiger partial charge in [0.1, 0.15) is 11.5 Å². The van der Waals surface area contributed by atoms with Gasteiger partial charge in [0.15, 0.2) is 0 Å². The van der Waals surface area contributed by atoms with E-state index in [2.05, 4.69) is 12.1 Å². The van der Waals surface area contributed by atoms with E-state index in [1.165, 1.54) is 5.56 Å². The van der Waals surface area contributed by atoms with Crippen molar-refractivity contribution in [2.75, 3.05) is 0 Å². The van der Waals surface area contributed by atoms with Crippen molar-refractivity contribution in [3.05, 3.63) is 83.4 Å².